The molecule has 88 valence electrons. The maximum atomic E-state index is 11.3. The number of amides is 1. The van der Waals surface area contributed by atoms with Gasteiger partial charge in [-0.05, 0) is 31.3 Å². The highest BCUT2D eigenvalue weighted by molar-refractivity contribution is 7.71. The van der Waals surface area contributed by atoms with Gasteiger partial charge >= 0.3 is 0 Å². The van der Waals surface area contributed by atoms with Gasteiger partial charge in [-0.1, -0.05) is 0 Å². The van der Waals surface area contributed by atoms with Crippen LogP contribution in [0.4, 0.5) is 0 Å². The Balaban J connectivity index is 2.21. The summed E-state index contributed by atoms with van der Waals surface area (Å²) in [6, 6.07) is 3.97. The van der Waals surface area contributed by atoms with Crippen LogP contribution in [0.25, 0.3) is 11.2 Å². The minimum atomic E-state index is 0.0676. The second-order valence-corrected chi connectivity index (χ2v) is 4.67. The van der Waals surface area contributed by atoms with E-state index in [9.17, 15) is 4.79 Å². The van der Waals surface area contributed by atoms with Gasteiger partial charge in [0.15, 0.2) is 10.4 Å². The summed E-state index contributed by atoms with van der Waals surface area (Å²) in [7, 11) is 0. The Kier molecular flexibility index (Phi) is 2.25. The Labute approximate surface area is 103 Å². The van der Waals surface area contributed by atoms with Crippen molar-refractivity contribution in [3.05, 3.63) is 22.6 Å². The summed E-state index contributed by atoms with van der Waals surface area (Å²) in [6.45, 7) is 2.56. The predicted octanol–water partition coefficient (Wildman–Crippen LogP) is 1.46. The van der Waals surface area contributed by atoms with Gasteiger partial charge in [-0.3, -0.25) is 9.36 Å². The second-order valence-electron chi connectivity index (χ2n) is 4.29. The van der Waals surface area contributed by atoms with Crippen LogP contribution in [0.2, 0.25) is 0 Å². The first-order valence-electron chi connectivity index (χ1n) is 5.50. The van der Waals surface area contributed by atoms with Crippen LogP contribution in [0.3, 0.4) is 0 Å². The molecule has 2 N–H and O–H groups in total. The van der Waals surface area contributed by atoms with Crippen molar-refractivity contribution in [2.24, 2.45) is 0 Å². The lowest BCUT2D eigenvalue weighted by Gasteiger charge is -2.09. The average Bonchev–Trinajstić information content (AvgIpc) is 2.81. The monoisotopic (exact) mass is 248 g/mol. The molecule has 1 unspecified atom stereocenters. The first kappa shape index (κ1) is 10.5. The van der Waals surface area contributed by atoms with Crippen LogP contribution in [0.5, 0.6) is 0 Å². The minimum absolute atomic E-state index is 0.0676. The van der Waals surface area contributed by atoms with E-state index in [0.29, 0.717) is 17.7 Å². The lowest BCUT2D eigenvalue weighted by molar-refractivity contribution is -0.119. The Bertz CT molecular complexity index is 657. The van der Waals surface area contributed by atoms with Crippen LogP contribution in [-0.2, 0) is 4.79 Å². The maximum absolute atomic E-state index is 11.3. The van der Waals surface area contributed by atoms with E-state index in [1.54, 1.807) is 0 Å². The number of aromatic nitrogens is 3. The maximum Gasteiger partial charge on any atom is 0.222 e. The number of hydrogen-bond donors (Lipinski definition) is 2. The summed E-state index contributed by atoms with van der Waals surface area (Å²) in [5.41, 5.74) is 2.69. The van der Waals surface area contributed by atoms with Gasteiger partial charge in [0, 0.05) is 18.7 Å². The Hall–Kier alpha value is -1.69. The first-order valence-corrected chi connectivity index (χ1v) is 5.90. The average molecular weight is 248 g/mol. The number of nitrogens with one attached hydrogen (secondary N) is 2. The van der Waals surface area contributed by atoms with Gasteiger partial charge in [0.05, 0.1) is 11.6 Å². The first-order chi connectivity index (χ1) is 8.15. The van der Waals surface area contributed by atoms with E-state index in [0.717, 1.165) is 16.9 Å². The largest absolute Gasteiger partial charge is 0.354 e. The van der Waals surface area contributed by atoms with Gasteiger partial charge < -0.3 is 10.3 Å². The normalized spacial score (nSPS) is 19.8. The van der Waals surface area contributed by atoms with Crippen molar-refractivity contribution in [3.63, 3.8) is 0 Å². The molecule has 0 bridgehead atoms. The van der Waals surface area contributed by atoms with Gasteiger partial charge in [0.2, 0.25) is 5.91 Å². The Morgan fingerprint density at radius 1 is 1.53 bits per heavy atom. The quantitative estimate of drug-likeness (QED) is 0.751. The predicted molar refractivity (Wildman–Crippen MR) is 66.3 cm³/mol. The fraction of sp³-hybridized carbons (Fsp3) is 0.364. The van der Waals surface area contributed by atoms with E-state index in [1.165, 1.54) is 0 Å². The third-order valence-electron chi connectivity index (χ3n) is 3.02. The molecule has 0 spiro atoms. The molecule has 0 aliphatic carbocycles. The van der Waals surface area contributed by atoms with E-state index in [1.807, 2.05) is 23.6 Å². The summed E-state index contributed by atoms with van der Waals surface area (Å²) in [5.74, 6) is 0.0684. The van der Waals surface area contributed by atoms with Crippen molar-refractivity contribution in [1.29, 1.82) is 0 Å². The number of H-pyrrole nitrogens is 1. The lowest BCUT2D eigenvalue weighted by Crippen LogP contribution is -2.15. The Morgan fingerprint density at radius 3 is 3.06 bits per heavy atom. The molecular formula is C11H12N4OS. The zero-order valence-electron chi connectivity index (χ0n) is 9.36. The minimum Gasteiger partial charge on any atom is -0.354 e. The van der Waals surface area contributed by atoms with E-state index in [4.69, 9.17) is 12.2 Å². The van der Waals surface area contributed by atoms with E-state index < -0.39 is 0 Å². The van der Waals surface area contributed by atoms with E-state index >= 15 is 0 Å². The molecule has 2 aromatic heterocycles. The van der Waals surface area contributed by atoms with Crippen molar-refractivity contribution in [2.45, 2.75) is 19.4 Å². The highest BCUT2D eigenvalue weighted by Crippen LogP contribution is 2.22. The molecule has 2 aromatic rings. The zero-order valence-corrected chi connectivity index (χ0v) is 10.2. The van der Waals surface area contributed by atoms with Gasteiger partial charge in [-0.2, -0.15) is 0 Å². The van der Waals surface area contributed by atoms with Gasteiger partial charge in [0.25, 0.3) is 0 Å². The SMILES string of the molecule is Cc1ccc2[nH]c(=S)n(C3CNC(=O)C3)c2n1. The van der Waals surface area contributed by atoms with E-state index in [-0.39, 0.29) is 11.9 Å². The molecule has 1 amide bonds. The Morgan fingerprint density at radius 2 is 2.35 bits per heavy atom. The zero-order chi connectivity index (χ0) is 12.0. The fourth-order valence-electron chi connectivity index (χ4n) is 2.21. The van der Waals surface area contributed by atoms with Crippen LogP contribution in [0.1, 0.15) is 18.2 Å². The molecule has 1 saturated heterocycles. The topological polar surface area (TPSA) is 62.7 Å². The van der Waals surface area contributed by atoms with Crippen LogP contribution in [0, 0.1) is 11.7 Å². The number of pyridine rings is 1. The van der Waals surface area contributed by atoms with Crippen molar-refractivity contribution >= 4 is 29.3 Å². The molecule has 0 saturated carbocycles. The van der Waals surface area contributed by atoms with Crippen molar-refractivity contribution < 1.29 is 4.79 Å². The number of aromatic amines is 1. The third-order valence-corrected chi connectivity index (χ3v) is 3.32. The molecule has 5 nitrogen and oxygen atoms in total. The molecule has 17 heavy (non-hydrogen) atoms. The van der Waals surface area contributed by atoms with Crippen LogP contribution < -0.4 is 5.32 Å². The molecular weight excluding hydrogens is 236 g/mol. The summed E-state index contributed by atoms with van der Waals surface area (Å²) < 4.78 is 2.56. The summed E-state index contributed by atoms with van der Waals surface area (Å²) in [4.78, 5) is 18.9. The van der Waals surface area contributed by atoms with Gasteiger partial charge in [0.1, 0.15) is 0 Å². The number of rotatable bonds is 1. The number of imidazole rings is 1. The summed E-state index contributed by atoms with van der Waals surface area (Å²) >= 11 is 5.30. The number of carbonyl (C=O) groups is 1. The molecule has 6 heteroatoms. The molecule has 3 heterocycles. The number of hydrogen-bond acceptors (Lipinski definition) is 3. The van der Waals surface area contributed by atoms with Crippen molar-refractivity contribution in [3.8, 4) is 0 Å². The number of fused-ring (bicyclic) bond motifs is 1. The number of aryl methyl sites for hydroxylation is 1. The van der Waals surface area contributed by atoms with Gasteiger partial charge in [-0.15, -0.1) is 0 Å². The standard InChI is InChI=1S/C11H12N4OS/c1-6-2-3-8-10(13-6)15(11(17)14-8)7-4-9(16)12-5-7/h2-3,7H,4-5H2,1H3,(H,12,16)(H,14,17). The molecule has 0 radical (unpaired) electrons. The molecule has 1 aliphatic heterocycles. The van der Waals surface area contributed by atoms with Crippen molar-refractivity contribution in [1.82, 2.24) is 19.9 Å². The van der Waals surface area contributed by atoms with Crippen molar-refractivity contribution in [2.75, 3.05) is 6.54 Å². The molecule has 1 fully saturated rings. The molecule has 0 aromatic carbocycles. The summed E-state index contributed by atoms with van der Waals surface area (Å²) in [6.07, 6.45) is 0.469. The fourth-order valence-corrected chi connectivity index (χ4v) is 2.55. The third kappa shape index (κ3) is 1.64. The number of nitrogens with zero attached hydrogens (tertiary/aromatic N) is 2. The second kappa shape index (κ2) is 3.66. The lowest BCUT2D eigenvalue weighted by atomic mass is 10.2. The van der Waals surface area contributed by atoms with Crippen LogP contribution in [0.15, 0.2) is 12.1 Å². The van der Waals surface area contributed by atoms with E-state index in [2.05, 4.69) is 15.3 Å². The molecule has 1 aliphatic rings. The highest BCUT2D eigenvalue weighted by atomic mass is 32.1. The number of carbonyl (C=O) groups excluding carboxylic acids is 1. The highest BCUT2D eigenvalue weighted by Gasteiger charge is 2.25. The van der Waals surface area contributed by atoms with Crippen LogP contribution >= 0.6 is 12.2 Å². The summed E-state index contributed by atoms with van der Waals surface area (Å²) in [5, 5.41) is 2.82. The van der Waals surface area contributed by atoms with Gasteiger partial charge in [-0.25, -0.2) is 4.98 Å². The molecule has 3 rings (SSSR count). The smallest absolute Gasteiger partial charge is 0.222 e. The van der Waals surface area contributed by atoms with Crippen LogP contribution in [-0.4, -0.2) is 27.0 Å². The molecule has 1 atom stereocenters.